The van der Waals surface area contributed by atoms with Crippen molar-refractivity contribution in [2.45, 2.75) is 23.9 Å². The van der Waals surface area contributed by atoms with Gasteiger partial charge in [0.05, 0.1) is 11.0 Å². The van der Waals surface area contributed by atoms with E-state index in [-0.39, 0.29) is 24.2 Å². The minimum absolute atomic E-state index is 0.00952. The average molecular weight is 292 g/mol. The SMILES string of the molecule is O=S1(=O)CC2CC1CN2c1cccc(C(F)(F)F)n1. The Labute approximate surface area is 108 Å². The smallest absolute Gasteiger partial charge is 0.351 e. The standard InChI is InChI=1S/C11H11F3N2O2S/c12-11(13,14)9-2-1-3-10(15-9)16-5-8-4-7(16)6-19(8,17)18/h1-3,7-8H,4-6H2. The highest BCUT2D eigenvalue weighted by molar-refractivity contribution is 7.92. The first-order valence-electron chi connectivity index (χ1n) is 5.80. The van der Waals surface area contributed by atoms with Crippen LogP contribution in [0.5, 0.6) is 0 Å². The summed E-state index contributed by atoms with van der Waals surface area (Å²) in [6.45, 7) is 0.237. The quantitative estimate of drug-likeness (QED) is 0.786. The van der Waals surface area contributed by atoms with Crippen molar-refractivity contribution < 1.29 is 21.6 Å². The first-order valence-corrected chi connectivity index (χ1v) is 7.51. The second-order valence-electron chi connectivity index (χ2n) is 4.87. The predicted molar refractivity (Wildman–Crippen MR) is 62.6 cm³/mol. The monoisotopic (exact) mass is 292 g/mol. The molecule has 0 aliphatic carbocycles. The molecule has 0 aromatic carbocycles. The second-order valence-corrected chi connectivity index (χ2v) is 7.20. The molecule has 2 aliphatic rings. The number of fused-ring (bicyclic) bond motifs is 2. The highest BCUT2D eigenvalue weighted by Crippen LogP contribution is 2.36. The molecule has 4 nitrogen and oxygen atoms in total. The van der Waals surface area contributed by atoms with Crippen LogP contribution in [0.1, 0.15) is 12.1 Å². The van der Waals surface area contributed by atoms with E-state index < -0.39 is 27.0 Å². The molecular weight excluding hydrogens is 281 g/mol. The summed E-state index contributed by atoms with van der Waals surface area (Å²) in [5.74, 6) is 0.215. The summed E-state index contributed by atoms with van der Waals surface area (Å²) in [6, 6.07) is 3.45. The van der Waals surface area contributed by atoms with E-state index in [4.69, 9.17) is 0 Å². The third-order valence-electron chi connectivity index (χ3n) is 3.63. The number of anilines is 1. The van der Waals surface area contributed by atoms with Crippen molar-refractivity contribution in [3.05, 3.63) is 23.9 Å². The number of hydrogen-bond acceptors (Lipinski definition) is 4. The van der Waals surface area contributed by atoms with E-state index in [0.717, 1.165) is 6.07 Å². The van der Waals surface area contributed by atoms with Gasteiger partial charge in [-0.25, -0.2) is 13.4 Å². The zero-order valence-electron chi connectivity index (χ0n) is 9.76. The van der Waals surface area contributed by atoms with E-state index in [1.165, 1.54) is 12.1 Å². The van der Waals surface area contributed by atoms with Gasteiger partial charge < -0.3 is 4.90 Å². The van der Waals surface area contributed by atoms with Crippen LogP contribution >= 0.6 is 0 Å². The molecule has 0 spiro atoms. The lowest BCUT2D eigenvalue weighted by Gasteiger charge is -2.28. The Balaban J connectivity index is 1.90. The third kappa shape index (κ3) is 2.07. The summed E-state index contributed by atoms with van der Waals surface area (Å²) in [6.07, 6.45) is -4.00. The Kier molecular flexibility index (Phi) is 2.57. The van der Waals surface area contributed by atoms with Crippen molar-refractivity contribution in [2.75, 3.05) is 17.2 Å². The van der Waals surface area contributed by atoms with Crippen LogP contribution in [0.3, 0.4) is 0 Å². The fraction of sp³-hybridized carbons (Fsp3) is 0.545. The van der Waals surface area contributed by atoms with Crippen LogP contribution in [-0.4, -0.2) is 37.0 Å². The normalized spacial score (nSPS) is 28.9. The molecule has 2 atom stereocenters. The Morgan fingerprint density at radius 2 is 2.05 bits per heavy atom. The van der Waals surface area contributed by atoms with Crippen LogP contribution in [0, 0.1) is 0 Å². The van der Waals surface area contributed by atoms with Crippen LogP contribution in [0.2, 0.25) is 0 Å². The summed E-state index contributed by atoms with van der Waals surface area (Å²) in [5, 5.41) is -0.464. The zero-order valence-corrected chi connectivity index (χ0v) is 10.6. The summed E-state index contributed by atoms with van der Waals surface area (Å²) in [4.78, 5) is 5.27. The van der Waals surface area contributed by atoms with Crippen LogP contribution in [-0.2, 0) is 16.0 Å². The Bertz CT molecular complexity index is 615. The topological polar surface area (TPSA) is 50.3 Å². The minimum atomic E-state index is -4.49. The van der Waals surface area contributed by atoms with Crippen molar-refractivity contribution in [3.8, 4) is 0 Å². The number of aromatic nitrogens is 1. The molecule has 2 saturated heterocycles. The molecule has 19 heavy (non-hydrogen) atoms. The highest BCUT2D eigenvalue weighted by Gasteiger charge is 2.49. The van der Waals surface area contributed by atoms with E-state index in [2.05, 4.69) is 4.98 Å². The number of sulfone groups is 1. The molecule has 8 heteroatoms. The number of alkyl halides is 3. The molecule has 2 aliphatic heterocycles. The molecule has 2 unspecified atom stereocenters. The van der Waals surface area contributed by atoms with Crippen molar-refractivity contribution in [3.63, 3.8) is 0 Å². The molecular formula is C11H11F3N2O2S. The predicted octanol–water partition coefficient (Wildman–Crippen LogP) is 1.48. The number of hydrogen-bond donors (Lipinski definition) is 0. The number of nitrogens with zero attached hydrogens (tertiary/aromatic N) is 2. The molecule has 3 rings (SSSR count). The molecule has 2 fully saturated rings. The van der Waals surface area contributed by atoms with Gasteiger partial charge in [0, 0.05) is 12.6 Å². The lowest BCUT2D eigenvalue weighted by atomic mass is 10.2. The largest absolute Gasteiger partial charge is 0.433 e. The first kappa shape index (κ1) is 12.7. The Morgan fingerprint density at radius 1 is 1.32 bits per heavy atom. The molecule has 104 valence electrons. The lowest BCUT2D eigenvalue weighted by molar-refractivity contribution is -0.141. The van der Waals surface area contributed by atoms with Crippen molar-refractivity contribution in [2.24, 2.45) is 0 Å². The molecule has 3 heterocycles. The van der Waals surface area contributed by atoms with E-state index in [1.807, 2.05) is 0 Å². The van der Waals surface area contributed by atoms with Crippen LogP contribution in [0.15, 0.2) is 18.2 Å². The minimum Gasteiger partial charge on any atom is -0.351 e. The van der Waals surface area contributed by atoms with Gasteiger partial charge in [-0.1, -0.05) is 6.07 Å². The highest BCUT2D eigenvalue weighted by atomic mass is 32.2. The van der Waals surface area contributed by atoms with E-state index in [1.54, 1.807) is 4.90 Å². The van der Waals surface area contributed by atoms with Crippen LogP contribution in [0.25, 0.3) is 0 Å². The maximum atomic E-state index is 12.6. The van der Waals surface area contributed by atoms with Gasteiger partial charge >= 0.3 is 6.18 Å². The van der Waals surface area contributed by atoms with Gasteiger partial charge in [-0.3, -0.25) is 0 Å². The first-order chi connectivity index (χ1) is 8.77. The summed E-state index contributed by atoms with van der Waals surface area (Å²) >= 11 is 0. The van der Waals surface area contributed by atoms with Crippen molar-refractivity contribution >= 4 is 15.7 Å². The van der Waals surface area contributed by atoms with Gasteiger partial charge in [0.2, 0.25) is 0 Å². The number of pyridine rings is 1. The van der Waals surface area contributed by atoms with Crippen LogP contribution in [0.4, 0.5) is 19.0 Å². The van der Waals surface area contributed by atoms with Gasteiger partial charge in [-0.15, -0.1) is 0 Å². The van der Waals surface area contributed by atoms with Gasteiger partial charge in [0.25, 0.3) is 0 Å². The third-order valence-corrected chi connectivity index (χ3v) is 5.83. The van der Waals surface area contributed by atoms with Crippen molar-refractivity contribution in [1.82, 2.24) is 4.98 Å². The van der Waals surface area contributed by atoms with E-state index >= 15 is 0 Å². The fourth-order valence-electron chi connectivity index (χ4n) is 2.72. The molecule has 1 aromatic rings. The second kappa shape index (κ2) is 3.84. The molecule has 0 N–H and O–H groups in total. The summed E-state index contributed by atoms with van der Waals surface area (Å²) in [7, 11) is -3.06. The van der Waals surface area contributed by atoms with Crippen molar-refractivity contribution in [1.29, 1.82) is 0 Å². The van der Waals surface area contributed by atoms with E-state index in [0.29, 0.717) is 6.42 Å². The maximum absolute atomic E-state index is 12.6. The van der Waals surface area contributed by atoms with Gasteiger partial charge in [-0.05, 0) is 18.6 Å². The fourth-order valence-corrected chi connectivity index (χ4v) is 4.75. The number of halogens is 3. The summed E-state index contributed by atoms with van der Waals surface area (Å²) < 4.78 is 61.0. The molecule has 2 bridgehead atoms. The average Bonchev–Trinajstić information content (AvgIpc) is 2.83. The molecule has 0 saturated carbocycles. The summed E-state index contributed by atoms with van der Waals surface area (Å²) in [5.41, 5.74) is -0.948. The molecule has 0 radical (unpaired) electrons. The van der Waals surface area contributed by atoms with Crippen LogP contribution < -0.4 is 4.90 Å². The Hall–Kier alpha value is -1.31. The van der Waals surface area contributed by atoms with E-state index in [9.17, 15) is 21.6 Å². The molecule has 0 amide bonds. The van der Waals surface area contributed by atoms with Gasteiger partial charge in [0.1, 0.15) is 11.5 Å². The molecule has 1 aromatic heterocycles. The van der Waals surface area contributed by atoms with Gasteiger partial charge in [-0.2, -0.15) is 13.2 Å². The Morgan fingerprint density at radius 3 is 2.58 bits per heavy atom. The van der Waals surface area contributed by atoms with Gasteiger partial charge in [0.15, 0.2) is 9.84 Å². The zero-order chi connectivity index (χ0) is 13.8. The maximum Gasteiger partial charge on any atom is 0.433 e. The number of rotatable bonds is 1. The lowest BCUT2D eigenvalue weighted by Crippen LogP contribution is -2.41.